The number of benzene rings is 2. The number of nitrogens with zero attached hydrogens (tertiary/aromatic N) is 3. The van der Waals surface area contributed by atoms with Gasteiger partial charge in [0.15, 0.2) is 4.34 Å². The Balaban J connectivity index is 1.27. The SMILES string of the molecule is CC(=O)N(c1nnc(SCC(=O)Nc2ccc(Oc3ccccc3)cc2)s1)C1CC1. The van der Waals surface area contributed by atoms with E-state index in [1.807, 2.05) is 30.3 Å². The first-order valence-electron chi connectivity index (χ1n) is 9.47. The normalized spacial score (nSPS) is 13.0. The Morgan fingerprint density at radius 3 is 2.47 bits per heavy atom. The molecule has 2 aromatic carbocycles. The van der Waals surface area contributed by atoms with E-state index in [9.17, 15) is 9.59 Å². The van der Waals surface area contributed by atoms with Gasteiger partial charge >= 0.3 is 0 Å². The van der Waals surface area contributed by atoms with E-state index in [0.29, 0.717) is 20.9 Å². The minimum atomic E-state index is -0.140. The first kappa shape index (κ1) is 20.4. The number of anilines is 2. The average Bonchev–Trinajstić information content (AvgIpc) is 3.45. The highest BCUT2D eigenvalue weighted by Crippen LogP contribution is 2.35. The zero-order valence-corrected chi connectivity index (χ0v) is 17.9. The highest BCUT2D eigenvalue weighted by atomic mass is 32.2. The number of ether oxygens (including phenoxy) is 1. The molecular weight excluding hydrogens is 420 g/mol. The molecular formula is C21H20N4O3S2. The zero-order chi connectivity index (χ0) is 20.9. The molecule has 0 radical (unpaired) electrons. The molecule has 1 aliphatic carbocycles. The largest absolute Gasteiger partial charge is 0.457 e. The van der Waals surface area contributed by atoms with E-state index in [2.05, 4.69) is 15.5 Å². The summed E-state index contributed by atoms with van der Waals surface area (Å²) in [5.41, 5.74) is 0.690. The first-order chi connectivity index (χ1) is 14.6. The van der Waals surface area contributed by atoms with Gasteiger partial charge in [-0.15, -0.1) is 10.2 Å². The molecule has 0 unspecified atom stereocenters. The summed E-state index contributed by atoms with van der Waals surface area (Å²) in [7, 11) is 0. The third-order valence-electron chi connectivity index (χ3n) is 4.30. The molecule has 9 heteroatoms. The van der Waals surface area contributed by atoms with Gasteiger partial charge in [0.1, 0.15) is 11.5 Å². The summed E-state index contributed by atoms with van der Waals surface area (Å²) < 4.78 is 6.41. The van der Waals surface area contributed by atoms with Gasteiger partial charge in [-0.1, -0.05) is 41.3 Å². The number of thioether (sulfide) groups is 1. The molecule has 1 aliphatic rings. The molecule has 1 N–H and O–H groups in total. The van der Waals surface area contributed by atoms with E-state index < -0.39 is 0 Å². The Kier molecular flexibility index (Phi) is 6.29. The second-order valence-corrected chi connectivity index (χ2v) is 8.93. The van der Waals surface area contributed by atoms with E-state index in [1.165, 1.54) is 30.0 Å². The fourth-order valence-corrected chi connectivity index (χ4v) is 4.55. The number of aromatic nitrogens is 2. The number of carbonyl (C=O) groups excluding carboxylic acids is 2. The van der Waals surface area contributed by atoms with Gasteiger partial charge in [0.2, 0.25) is 16.9 Å². The van der Waals surface area contributed by atoms with Crippen molar-refractivity contribution in [1.29, 1.82) is 0 Å². The molecule has 0 spiro atoms. The van der Waals surface area contributed by atoms with Gasteiger partial charge in [0.05, 0.1) is 5.75 Å². The fraction of sp³-hybridized carbons (Fsp3) is 0.238. The molecule has 1 heterocycles. The second kappa shape index (κ2) is 9.27. The number of nitrogens with one attached hydrogen (secondary N) is 1. The van der Waals surface area contributed by atoms with Crippen molar-refractivity contribution in [1.82, 2.24) is 10.2 Å². The number of para-hydroxylation sites is 1. The van der Waals surface area contributed by atoms with Crippen molar-refractivity contribution < 1.29 is 14.3 Å². The lowest BCUT2D eigenvalue weighted by Crippen LogP contribution is -2.30. The van der Waals surface area contributed by atoms with Crippen LogP contribution in [0.1, 0.15) is 19.8 Å². The maximum absolute atomic E-state index is 12.3. The first-order valence-corrected chi connectivity index (χ1v) is 11.3. The van der Waals surface area contributed by atoms with Crippen molar-refractivity contribution in [2.24, 2.45) is 0 Å². The van der Waals surface area contributed by atoms with Crippen LogP contribution in [0.25, 0.3) is 0 Å². The lowest BCUT2D eigenvalue weighted by molar-refractivity contribution is -0.116. The predicted octanol–water partition coefficient (Wildman–Crippen LogP) is 4.58. The number of hydrogen-bond donors (Lipinski definition) is 1. The van der Waals surface area contributed by atoms with Crippen molar-refractivity contribution in [2.45, 2.75) is 30.1 Å². The topological polar surface area (TPSA) is 84.4 Å². The van der Waals surface area contributed by atoms with E-state index in [-0.39, 0.29) is 23.6 Å². The summed E-state index contributed by atoms with van der Waals surface area (Å²) in [6.07, 6.45) is 2.00. The molecule has 0 bridgehead atoms. The summed E-state index contributed by atoms with van der Waals surface area (Å²) in [5.74, 6) is 1.50. The Labute approximate surface area is 182 Å². The van der Waals surface area contributed by atoms with Crippen LogP contribution in [0.3, 0.4) is 0 Å². The summed E-state index contributed by atoms with van der Waals surface area (Å²) in [5, 5.41) is 11.7. The smallest absolute Gasteiger partial charge is 0.234 e. The molecule has 154 valence electrons. The van der Waals surface area contributed by atoms with Crippen molar-refractivity contribution >= 4 is 45.7 Å². The Bertz CT molecular complexity index is 1020. The molecule has 2 amide bonds. The number of carbonyl (C=O) groups is 2. The quantitative estimate of drug-likeness (QED) is 0.408. The van der Waals surface area contributed by atoms with E-state index in [1.54, 1.807) is 29.2 Å². The lowest BCUT2D eigenvalue weighted by atomic mass is 10.3. The average molecular weight is 441 g/mol. The summed E-state index contributed by atoms with van der Waals surface area (Å²) >= 11 is 2.64. The highest BCUT2D eigenvalue weighted by molar-refractivity contribution is 8.01. The third kappa shape index (κ3) is 5.37. The van der Waals surface area contributed by atoms with Gasteiger partial charge in [-0.25, -0.2) is 0 Å². The molecule has 0 saturated heterocycles. The maximum Gasteiger partial charge on any atom is 0.234 e. The van der Waals surface area contributed by atoms with Gasteiger partial charge in [0, 0.05) is 18.7 Å². The van der Waals surface area contributed by atoms with E-state index in [0.717, 1.165) is 18.6 Å². The van der Waals surface area contributed by atoms with Crippen LogP contribution in [0.5, 0.6) is 11.5 Å². The molecule has 0 aliphatic heterocycles. The summed E-state index contributed by atoms with van der Waals surface area (Å²) in [6.45, 7) is 1.54. The van der Waals surface area contributed by atoms with Gasteiger partial charge in [-0.2, -0.15) is 0 Å². The summed E-state index contributed by atoms with van der Waals surface area (Å²) in [6, 6.07) is 17.0. The second-order valence-electron chi connectivity index (χ2n) is 6.75. The Morgan fingerprint density at radius 1 is 1.10 bits per heavy atom. The molecule has 1 aromatic heterocycles. The van der Waals surface area contributed by atoms with Gasteiger partial charge < -0.3 is 10.1 Å². The van der Waals surface area contributed by atoms with Crippen molar-refractivity contribution in [2.75, 3.05) is 16.0 Å². The molecule has 3 aromatic rings. The summed E-state index contributed by atoms with van der Waals surface area (Å²) in [4.78, 5) is 25.8. The van der Waals surface area contributed by atoms with Crippen LogP contribution < -0.4 is 15.0 Å². The predicted molar refractivity (Wildman–Crippen MR) is 118 cm³/mol. The molecule has 1 saturated carbocycles. The molecule has 7 nitrogen and oxygen atoms in total. The van der Waals surface area contributed by atoms with Crippen molar-refractivity contribution in [3.8, 4) is 11.5 Å². The minimum absolute atomic E-state index is 0.0253. The van der Waals surface area contributed by atoms with Gasteiger partial charge in [-0.3, -0.25) is 14.5 Å². The fourth-order valence-electron chi connectivity index (χ4n) is 2.79. The van der Waals surface area contributed by atoms with Crippen LogP contribution in [0.4, 0.5) is 10.8 Å². The minimum Gasteiger partial charge on any atom is -0.457 e. The maximum atomic E-state index is 12.3. The van der Waals surface area contributed by atoms with E-state index in [4.69, 9.17) is 4.74 Å². The van der Waals surface area contributed by atoms with E-state index >= 15 is 0 Å². The molecule has 0 atom stereocenters. The zero-order valence-electron chi connectivity index (χ0n) is 16.3. The number of rotatable bonds is 8. The standard InChI is InChI=1S/C21H20N4O3S2/c1-14(26)25(16-9-10-16)20-23-24-21(30-20)29-13-19(27)22-15-7-11-18(12-8-15)28-17-5-3-2-4-6-17/h2-8,11-12,16H,9-10,13H2,1H3,(H,22,27). The Morgan fingerprint density at radius 2 is 1.80 bits per heavy atom. The lowest BCUT2D eigenvalue weighted by Gasteiger charge is -2.15. The van der Waals surface area contributed by atoms with Gasteiger partial charge in [-0.05, 0) is 49.2 Å². The van der Waals surface area contributed by atoms with Crippen LogP contribution >= 0.6 is 23.1 Å². The van der Waals surface area contributed by atoms with Crippen LogP contribution in [0.2, 0.25) is 0 Å². The highest BCUT2D eigenvalue weighted by Gasteiger charge is 2.34. The molecule has 1 fully saturated rings. The van der Waals surface area contributed by atoms with Crippen LogP contribution in [0, 0.1) is 0 Å². The monoisotopic (exact) mass is 440 g/mol. The molecule has 30 heavy (non-hydrogen) atoms. The van der Waals surface area contributed by atoms with Crippen LogP contribution in [-0.4, -0.2) is 33.8 Å². The van der Waals surface area contributed by atoms with Crippen molar-refractivity contribution in [3.05, 3.63) is 54.6 Å². The third-order valence-corrected chi connectivity index (χ3v) is 6.35. The van der Waals surface area contributed by atoms with Gasteiger partial charge in [0.25, 0.3) is 0 Å². The molecule has 4 rings (SSSR count). The van der Waals surface area contributed by atoms with Crippen LogP contribution in [-0.2, 0) is 9.59 Å². The number of hydrogen-bond acceptors (Lipinski definition) is 7. The van der Waals surface area contributed by atoms with Crippen LogP contribution in [0.15, 0.2) is 58.9 Å². The Hall–Kier alpha value is -2.91. The number of amides is 2. The van der Waals surface area contributed by atoms with Crippen molar-refractivity contribution in [3.63, 3.8) is 0 Å².